The minimum atomic E-state index is -1.06. The Kier molecular flexibility index (Phi) is 4.21. The van der Waals surface area contributed by atoms with Gasteiger partial charge in [0.05, 0.1) is 24.3 Å². The van der Waals surface area contributed by atoms with E-state index in [-0.39, 0.29) is 0 Å². The maximum absolute atomic E-state index is 14.0. The molecule has 0 unspecified atom stereocenters. The number of nitrogens with one attached hydrogen (secondary N) is 3. The number of fused-ring (bicyclic) bond motifs is 1. The standard InChI is InChI=1S/C19H18FN7O/c20-15-8-21-2-1-17(15)28-18-10-22-9-16(27-18)14-7-24-19-13(14)3-11(4-23-19)12-5-25-26-6-12/h3-7,9-10,15,17,21H,1-2,8H2,(H,23,24)(H,25,26)/t15-,17+/m0/s1. The van der Waals surface area contributed by atoms with Crippen molar-refractivity contribution in [1.82, 2.24) is 35.5 Å². The maximum atomic E-state index is 14.0. The molecule has 0 spiro atoms. The summed E-state index contributed by atoms with van der Waals surface area (Å²) in [6.45, 7) is 1.02. The number of H-pyrrole nitrogens is 2. The Labute approximate surface area is 159 Å². The molecule has 3 N–H and O–H groups in total. The molecule has 8 nitrogen and oxygen atoms in total. The van der Waals surface area contributed by atoms with Crippen molar-refractivity contribution in [1.29, 1.82) is 0 Å². The van der Waals surface area contributed by atoms with E-state index in [2.05, 4.69) is 35.5 Å². The first-order valence-electron chi connectivity index (χ1n) is 9.08. The third-order valence-corrected chi connectivity index (χ3v) is 4.87. The SMILES string of the molecule is F[C@H]1CNCC[C@H]1Oc1cncc(-c2c[nH]c3ncc(-c4cn[nH]c4)cc23)n1. The normalized spacial score (nSPS) is 19.8. The van der Waals surface area contributed by atoms with Crippen molar-refractivity contribution in [2.24, 2.45) is 0 Å². The fraction of sp³-hybridized carbons (Fsp3) is 0.263. The lowest BCUT2D eigenvalue weighted by atomic mass is 10.1. The van der Waals surface area contributed by atoms with Gasteiger partial charge in [0.25, 0.3) is 0 Å². The number of alkyl halides is 1. The zero-order valence-electron chi connectivity index (χ0n) is 14.9. The van der Waals surface area contributed by atoms with Gasteiger partial charge in [-0.25, -0.2) is 14.4 Å². The van der Waals surface area contributed by atoms with Crippen LogP contribution in [0.25, 0.3) is 33.4 Å². The van der Waals surface area contributed by atoms with Crippen molar-refractivity contribution in [2.45, 2.75) is 18.7 Å². The molecule has 142 valence electrons. The van der Waals surface area contributed by atoms with E-state index in [1.807, 2.05) is 18.5 Å². The minimum Gasteiger partial charge on any atom is -0.470 e. The second-order valence-corrected chi connectivity index (χ2v) is 6.72. The van der Waals surface area contributed by atoms with Crippen LogP contribution in [0, 0.1) is 0 Å². The second-order valence-electron chi connectivity index (χ2n) is 6.72. The van der Waals surface area contributed by atoms with Crippen molar-refractivity contribution in [3.8, 4) is 28.3 Å². The molecule has 1 aliphatic heterocycles. The van der Waals surface area contributed by atoms with Gasteiger partial charge in [-0.3, -0.25) is 10.1 Å². The number of halogens is 1. The largest absolute Gasteiger partial charge is 0.470 e. The lowest BCUT2D eigenvalue weighted by molar-refractivity contribution is 0.0691. The second kappa shape index (κ2) is 7.01. The lowest BCUT2D eigenvalue weighted by Crippen LogP contribution is -2.44. The first-order valence-corrected chi connectivity index (χ1v) is 9.08. The summed E-state index contributed by atoms with van der Waals surface area (Å²) < 4.78 is 19.8. The van der Waals surface area contributed by atoms with Crippen molar-refractivity contribution >= 4 is 11.0 Å². The van der Waals surface area contributed by atoms with E-state index < -0.39 is 12.3 Å². The van der Waals surface area contributed by atoms with Crippen LogP contribution < -0.4 is 10.1 Å². The fourth-order valence-electron chi connectivity index (χ4n) is 3.40. The maximum Gasteiger partial charge on any atom is 0.233 e. The number of aromatic nitrogens is 6. The molecule has 4 aromatic heterocycles. The molecular weight excluding hydrogens is 361 g/mol. The summed E-state index contributed by atoms with van der Waals surface area (Å²) in [7, 11) is 0. The third-order valence-electron chi connectivity index (χ3n) is 4.87. The van der Waals surface area contributed by atoms with Gasteiger partial charge in [0, 0.05) is 47.2 Å². The van der Waals surface area contributed by atoms with Crippen molar-refractivity contribution in [2.75, 3.05) is 13.1 Å². The van der Waals surface area contributed by atoms with Crippen LogP contribution in [0.5, 0.6) is 5.88 Å². The molecular formula is C19H18FN7O. The molecule has 5 heterocycles. The topological polar surface area (TPSA) is 104 Å². The van der Waals surface area contributed by atoms with Crippen LogP contribution in [0.15, 0.2) is 43.2 Å². The van der Waals surface area contributed by atoms with Gasteiger partial charge in [-0.05, 0) is 19.0 Å². The van der Waals surface area contributed by atoms with E-state index in [1.54, 1.807) is 18.6 Å². The van der Waals surface area contributed by atoms with Crippen LogP contribution in [0.2, 0.25) is 0 Å². The molecule has 9 heteroatoms. The van der Waals surface area contributed by atoms with Crippen LogP contribution in [-0.2, 0) is 0 Å². The van der Waals surface area contributed by atoms with Crippen LogP contribution >= 0.6 is 0 Å². The third kappa shape index (κ3) is 3.09. The number of rotatable bonds is 4. The van der Waals surface area contributed by atoms with E-state index in [0.29, 0.717) is 24.5 Å². The van der Waals surface area contributed by atoms with Crippen LogP contribution in [0.1, 0.15) is 6.42 Å². The Balaban J connectivity index is 1.49. The zero-order valence-corrected chi connectivity index (χ0v) is 14.9. The Hall–Kier alpha value is -3.33. The molecule has 2 atom stereocenters. The van der Waals surface area contributed by atoms with E-state index in [9.17, 15) is 4.39 Å². The Morgan fingerprint density at radius 3 is 2.93 bits per heavy atom. The summed E-state index contributed by atoms with van der Waals surface area (Å²) in [5, 5.41) is 10.7. The molecule has 1 aliphatic rings. The van der Waals surface area contributed by atoms with Gasteiger partial charge in [-0.2, -0.15) is 5.10 Å². The fourth-order valence-corrected chi connectivity index (χ4v) is 3.40. The van der Waals surface area contributed by atoms with Gasteiger partial charge in [0.1, 0.15) is 17.9 Å². The van der Waals surface area contributed by atoms with Gasteiger partial charge in [0.15, 0.2) is 0 Å². The van der Waals surface area contributed by atoms with E-state index in [1.165, 1.54) is 6.20 Å². The molecule has 1 fully saturated rings. The molecule has 4 aromatic rings. The summed E-state index contributed by atoms with van der Waals surface area (Å²) in [4.78, 5) is 16.4. The highest BCUT2D eigenvalue weighted by molar-refractivity contribution is 5.94. The average molecular weight is 379 g/mol. The van der Waals surface area contributed by atoms with Gasteiger partial charge >= 0.3 is 0 Å². The number of ether oxygens (including phenoxy) is 1. The molecule has 1 saturated heterocycles. The van der Waals surface area contributed by atoms with Crippen LogP contribution in [-0.4, -0.2) is 55.5 Å². The number of hydrogen-bond donors (Lipinski definition) is 3. The van der Waals surface area contributed by atoms with E-state index >= 15 is 0 Å². The first kappa shape index (κ1) is 16.8. The summed E-state index contributed by atoms with van der Waals surface area (Å²) >= 11 is 0. The van der Waals surface area contributed by atoms with Gasteiger partial charge < -0.3 is 15.0 Å². The quantitative estimate of drug-likeness (QED) is 0.503. The summed E-state index contributed by atoms with van der Waals surface area (Å²) in [6, 6.07) is 2.03. The predicted molar refractivity (Wildman–Crippen MR) is 102 cm³/mol. The molecule has 0 amide bonds. The van der Waals surface area contributed by atoms with E-state index in [0.717, 1.165) is 34.3 Å². The van der Waals surface area contributed by atoms with Crippen molar-refractivity contribution in [3.63, 3.8) is 0 Å². The van der Waals surface area contributed by atoms with Gasteiger partial charge in [-0.1, -0.05) is 0 Å². The smallest absolute Gasteiger partial charge is 0.233 e. The monoisotopic (exact) mass is 379 g/mol. The number of aromatic amines is 2. The van der Waals surface area contributed by atoms with Crippen molar-refractivity contribution in [3.05, 3.63) is 43.2 Å². The van der Waals surface area contributed by atoms with Gasteiger partial charge in [0.2, 0.25) is 5.88 Å². The zero-order chi connectivity index (χ0) is 18.9. The Morgan fingerprint density at radius 1 is 1.11 bits per heavy atom. The number of nitrogens with zero attached hydrogens (tertiary/aromatic N) is 4. The molecule has 0 radical (unpaired) electrons. The first-order chi connectivity index (χ1) is 13.8. The molecule has 28 heavy (non-hydrogen) atoms. The lowest BCUT2D eigenvalue weighted by Gasteiger charge is -2.26. The summed E-state index contributed by atoms with van der Waals surface area (Å²) in [5.41, 5.74) is 4.13. The number of hydrogen-bond acceptors (Lipinski definition) is 6. The molecule has 5 rings (SSSR count). The number of pyridine rings is 1. The Morgan fingerprint density at radius 2 is 2.07 bits per heavy atom. The summed E-state index contributed by atoms with van der Waals surface area (Å²) in [5.74, 6) is 0.320. The average Bonchev–Trinajstić information content (AvgIpc) is 3.39. The van der Waals surface area contributed by atoms with E-state index in [4.69, 9.17) is 4.74 Å². The van der Waals surface area contributed by atoms with Crippen LogP contribution in [0.3, 0.4) is 0 Å². The van der Waals surface area contributed by atoms with Gasteiger partial charge in [-0.15, -0.1) is 0 Å². The molecule has 0 saturated carbocycles. The Bertz CT molecular complexity index is 1090. The minimum absolute atomic E-state index is 0.294. The molecule has 0 aliphatic carbocycles. The summed E-state index contributed by atoms with van der Waals surface area (Å²) in [6.07, 6.45) is 9.39. The number of piperidine rings is 1. The highest BCUT2D eigenvalue weighted by Gasteiger charge is 2.26. The molecule has 0 bridgehead atoms. The highest BCUT2D eigenvalue weighted by atomic mass is 19.1. The molecule has 0 aromatic carbocycles. The van der Waals surface area contributed by atoms with Crippen molar-refractivity contribution < 1.29 is 9.13 Å². The van der Waals surface area contributed by atoms with Crippen LogP contribution in [0.4, 0.5) is 4.39 Å². The predicted octanol–water partition coefficient (Wildman–Crippen LogP) is 2.49. The highest BCUT2D eigenvalue weighted by Crippen LogP contribution is 2.30.